The van der Waals surface area contributed by atoms with Gasteiger partial charge < -0.3 is 4.57 Å². The third-order valence-electron chi connectivity index (χ3n) is 4.49. The number of carbonyl (C=O) groups excluding carboxylic acids is 1. The highest BCUT2D eigenvalue weighted by Crippen LogP contribution is 2.24. The Balaban J connectivity index is 1.84. The average molecular weight is 414 g/mol. The van der Waals surface area contributed by atoms with Crippen molar-refractivity contribution in [2.75, 3.05) is 12.0 Å². The van der Waals surface area contributed by atoms with Crippen molar-refractivity contribution in [1.29, 1.82) is 0 Å². The zero-order valence-electron chi connectivity index (χ0n) is 15.4. The van der Waals surface area contributed by atoms with Crippen molar-refractivity contribution < 1.29 is 4.79 Å². The third-order valence-corrected chi connectivity index (χ3v) is 7.15. The van der Waals surface area contributed by atoms with E-state index in [0.717, 1.165) is 37.5 Å². The maximum Gasteiger partial charge on any atom is 0.308 e. The second-order valence-electron chi connectivity index (χ2n) is 6.34. The van der Waals surface area contributed by atoms with E-state index >= 15 is 0 Å². The number of nitrogens with zero attached hydrogens (tertiary/aromatic N) is 3. The number of amides is 1. The smallest absolute Gasteiger partial charge is 0.308 e. The first-order valence-corrected chi connectivity index (χ1v) is 11.6. The van der Waals surface area contributed by atoms with Gasteiger partial charge in [-0.25, -0.2) is 4.98 Å². The molecule has 27 heavy (non-hydrogen) atoms. The van der Waals surface area contributed by atoms with Crippen LogP contribution < -0.4 is 4.80 Å². The molecule has 0 saturated carbocycles. The number of thioether (sulfide) groups is 1. The minimum atomic E-state index is -0.269. The molecule has 4 nitrogen and oxygen atoms in total. The quantitative estimate of drug-likeness (QED) is 0.471. The van der Waals surface area contributed by atoms with Crippen molar-refractivity contribution in [3.8, 4) is 0 Å². The van der Waals surface area contributed by atoms with Crippen LogP contribution in [0.5, 0.6) is 0 Å². The molecule has 0 saturated heterocycles. The number of fused-ring (bicyclic) bond motifs is 2. The summed E-state index contributed by atoms with van der Waals surface area (Å²) >= 11 is 4.76. The minimum Gasteiger partial charge on any atom is -0.315 e. The summed E-state index contributed by atoms with van der Waals surface area (Å²) in [6.45, 7) is 5.06. The molecule has 0 N–H and O–H groups in total. The van der Waals surface area contributed by atoms with E-state index in [0.29, 0.717) is 5.01 Å². The van der Waals surface area contributed by atoms with Crippen LogP contribution in [0.25, 0.3) is 20.4 Å². The fourth-order valence-electron chi connectivity index (χ4n) is 2.90. The van der Waals surface area contributed by atoms with Gasteiger partial charge in [0, 0.05) is 12.3 Å². The highest BCUT2D eigenvalue weighted by atomic mass is 32.2. The number of para-hydroxylation sites is 1. The monoisotopic (exact) mass is 413 g/mol. The van der Waals surface area contributed by atoms with Crippen molar-refractivity contribution in [1.82, 2.24) is 9.55 Å². The molecule has 0 radical (unpaired) electrons. The van der Waals surface area contributed by atoms with Crippen LogP contribution in [0.2, 0.25) is 0 Å². The van der Waals surface area contributed by atoms with Crippen molar-refractivity contribution in [2.45, 2.75) is 20.4 Å². The molecule has 2 heterocycles. The predicted octanol–water partition coefficient (Wildman–Crippen LogP) is 5.03. The lowest BCUT2D eigenvalue weighted by Crippen LogP contribution is -2.18. The number of carbonyl (C=O) groups is 1. The van der Waals surface area contributed by atoms with Crippen LogP contribution in [0.15, 0.2) is 41.4 Å². The van der Waals surface area contributed by atoms with Crippen LogP contribution in [0.4, 0.5) is 0 Å². The van der Waals surface area contributed by atoms with Gasteiger partial charge in [0.2, 0.25) is 0 Å². The van der Waals surface area contributed by atoms with Crippen LogP contribution in [0.1, 0.15) is 20.9 Å². The Morgan fingerprint density at radius 1 is 1.15 bits per heavy atom. The highest BCUT2D eigenvalue weighted by Gasteiger charge is 2.14. The number of rotatable bonds is 4. The standard InChI is InChI=1S/C20H19N3OS3/c1-12-10-15-17(11-13(12)2)27-20(23(15)8-9-25-3)22-18(24)19-21-14-6-4-5-7-16(14)26-19/h4-7,10-11H,8-9H2,1-3H3. The van der Waals surface area contributed by atoms with E-state index < -0.39 is 0 Å². The van der Waals surface area contributed by atoms with Crippen LogP contribution in [-0.2, 0) is 6.54 Å². The van der Waals surface area contributed by atoms with E-state index in [1.807, 2.05) is 24.3 Å². The van der Waals surface area contributed by atoms with E-state index in [-0.39, 0.29) is 5.91 Å². The average Bonchev–Trinajstić information content (AvgIpc) is 3.22. The SMILES string of the molecule is CSCCn1c(=NC(=O)c2nc3ccccc3s2)sc2cc(C)c(C)cc21. The molecule has 1 amide bonds. The van der Waals surface area contributed by atoms with E-state index in [1.54, 1.807) is 23.1 Å². The number of thiazole rings is 2. The molecular weight excluding hydrogens is 394 g/mol. The van der Waals surface area contributed by atoms with Gasteiger partial charge in [-0.3, -0.25) is 4.79 Å². The zero-order chi connectivity index (χ0) is 19.0. The van der Waals surface area contributed by atoms with Gasteiger partial charge in [0.25, 0.3) is 0 Å². The van der Waals surface area contributed by atoms with Gasteiger partial charge >= 0.3 is 5.91 Å². The first kappa shape index (κ1) is 18.4. The molecule has 138 valence electrons. The number of aromatic nitrogens is 2. The molecule has 4 rings (SSSR count). The summed E-state index contributed by atoms with van der Waals surface area (Å²) in [6, 6.07) is 12.2. The lowest BCUT2D eigenvalue weighted by molar-refractivity contribution is 0.0997. The van der Waals surface area contributed by atoms with Gasteiger partial charge in [-0.05, 0) is 55.5 Å². The Hall–Kier alpha value is -1.96. The Morgan fingerprint density at radius 3 is 2.70 bits per heavy atom. The second kappa shape index (κ2) is 7.58. The van der Waals surface area contributed by atoms with Crippen LogP contribution in [0, 0.1) is 13.8 Å². The Kier molecular flexibility index (Phi) is 5.16. The van der Waals surface area contributed by atoms with E-state index in [9.17, 15) is 4.79 Å². The number of aryl methyl sites for hydroxylation is 3. The first-order valence-electron chi connectivity index (χ1n) is 8.61. The van der Waals surface area contributed by atoms with Crippen LogP contribution in [0.3, 0.4) is 0 Å². The topological polar surface area (TPSA) is 47.2 Å². The normalized spacial score (nSPS) is 12.3. The van der Waals surface area contributed by atoms with Crippen molar-refractivity contribution >= 4 is 60.8 Å². The van der Waals surface area contributed by atoms with Gasteiger partial charge in [-0.15, -0.1) is 11.3 Å². The van der Waals surface area contributed by atoms with Crippen LogP contribution >= 0.6 is 34.4 Å². The predicted molar refractivity (Wildman–Crippen MR) is 117 cm³/mol. The summed E-state index contributed by atoms with van der Waals surface area (Å²) in [5.74, 6) is 0.704. The molecule has 0 aliphatic rings. The molecule has 0 aliphatic carbocycles. The highest BCUT2D eigenvalue weighted by molar-refractivity contribution is 7.98. The fraction of sp³-hybridized carbons (Fsp3) is 0.250. The van der Waals surface area contributed by atoms with Gasteiger partial charge in [0.15, 0.2) is 9.81 Å². The molecule has 2 aromatic heterocycles. The molecule has 0 fully saturated rings. The second-order valence-corrected chi connectivity index (χ2v) is 9.36. The van der Waals surface area contributed by atoms with E-state index in [1.165, 1.54) is 22.5 Å². The summed E-state index contributed by atoms with van der Waals surface area (Å²) in [5.41, 5.74) is 4.50. The summed E-state index contributed by atoms with van der Waals surface area (Å²) in [7, 11) is 0. The van der Waals surface area contributed by atoms with E-state index in [4.69, 9.17) is 0 Å². The van der Waals surface area contributed by atoms with Gasteiger partial charge in [0.05, 0.1) is 20.4 Å². The maximum atomic E-state index is 12.8. The fourth-order valence-corrected chi connectivity index (χ4v) is 5.25. The Morgan fingerprint density at radius 2 is 1.93 bits per heavy atom. The summed E-state index contributed by atoms with van der Waals surface area (Å²) in [6.07, 6.45) is 2.09. The molecule has 0 atom stereocenters. The largest absolute Gasteiger partial charge is 0.315 e. The first-order chi connectivity index (χ1) is 13.1. The molecule has 7 heteroatoms. The third kappa shape index (κ3) is 3.59. The van der Waals surface area contributed by atoms with E-state index in [2.05, 4.69) is 46.8 Å². The van der Waals surface area contributed by atoms with Gasteiger partial charge in [-0.2, -0.15) is 16.8 Å². The lowest BCUT2D eigenvalue weighted by Gasteiger charge is -2.05. The maximum absolute atomic E-state index is 12.8. The summed E-state index contributed by atoms with van der Waals surface area (Å²) < 4.78 is 4.33. The lowest BCUT2D eigenvalue weighted by atomic mass is 10.1. The van der Waals surface area contributed by atoms with Crippen LogP contribution in [-0.4, -0.2) is 27.5 Å². The minimum absolute atomic E-state index is 0.269. The molecular formula is C20H19N3OS3. The van der Waals surface area contributed by atoms with Gasteiger partial charge in [0.1, 0.15) is 0 Å². The summed E-state index contributed by atoms with van der Waals surface area (Å²) in [4.78, 5) is 22.4. The molecule has 2 aromatic carbocycles. The molecule has 0 unspecified atom stereocenters. The number of hydrogen-bond acceptors (Lipinski definition) is 5. The molecule has 4 aromatic rings. The van der Waals surface area contributed by atoms with Crippen molar-refractivity contribution in [2.24, 2.45) is 4.99 Å². The Bertz CT molecular complexity index is 1180. The Labute approximate surface area is 169 Å². The molecule has 0 bridgehead atoms. The molecule has 0 spiro atoms. The van der Waals surface area contributed by atoms with Crippen molar-refractivity contribution in [3.63, 3.8) is 0 Å². The number of hydrogen-bond donors (Lipinski definition) is 0. The molecule has 0 aliphatic heterocycles. The number of benzene rings is 2. The van der Waals surface area contributed by atoms with Gasteiger partial charge in [-0.1, -0.05) is 23.5 Å². The zero-order valence-corrected chi connectivity index (χ0v) is 17.8. The van der Waals surface area contributed by atoms with Crippen molar-refractivity contribution in [3.05, 3.63) is 57.3 Å². The summed E-state index contributed by atoms with van der Waals surface area (Å²) in [5, 5.41) is 0.442.